The fraction of sp³-hybridized carbons (Fsp3) is 0.417. The molecule has 4 heteroatoms. The molecule has 0 amide bonds. The first-order valence-electron chi connectivity index (χ1n) is 10.4. The summed E-state index contributed by atoms with van der Waals surface area (Å²) in [4.78, 5) is 8.37. The molecule has 0 saturated carbocycles. The molecule has 4 rings (SSSR count). The lowest BCUT2D eigenvalue weighted by molar-refractivity contribution is 0.153. The average Bonchev–Trinajstić information content (AvgIpc) is 3.10. The zero-order valence-corrected chi connectivity index (χ0v) is 16.7. The molecule has 2 aromatic carbocycles. The van der Waals surface area contributed by atoms with E-state index < -0.39 is 0 Å². The van der Waals surface area contributed by atoms with Gasteiger partial charge in [0.1, 0.15) is 5.82 Å². The topological polar surface area (TPSA) is 22.3 Å². The summed E-state index contributed by atoms with van der Waals surface area (Å²) in [5, 5.41) is 1.33. The van der Waals surface area contributed by atoms with E-state index >= 15 is 0 Å². The molecule has 1 aliphatic rings. The highest BCUT2D eigenvalue weighted by Gasteiger charge is 2.20. The van der Waals surface area contributed by atoms with E-state index in [-0.39, 0.29) is 5.82 Å². The number of para-hydroxylation sites is 1. The fourth-order valence-corrected chi connectivity index (χ4v) is 4.43. The van der Waals surface area contributed by atoms with Crippen molar-refractivity contribution in [1.82, 2.24) is 14.8 Å². The Hall–Kier alpha value is -2.17. The number of rotatable bonds is 7. The molecule has 28 heavy (non-hydrogen) atoms. The average molecular weight is 380 g/mol. The smallest absolute Gasteiger partial charge is 0.123 e. The van der Waals surface area contributed by atoms with Crippen LogP contribution in [0.25, 0.3) is 10.9 Å². The minimum absolute atomic E-state index is 0.130. The molecule has 1 saturated heterocycles. The quantitative estimate of drug-likeness (QED) is 0.643. The van der Waals surface area contributed by atoms with Gasteiger partial charge in [0.2, 0.25) is 0 Å². The second-order valence-corrected chi connectivity index (χ2v) is 8.22. The number of hydrogen-bond acceptors (Lipinski definition) is 2. The first kappa shape index (κ1) is 19.2. The maximum absolute atomic E-state index is 13.3. The molecule has 0 atom stereocenters. The number of nitrogens with one attached hydrogen (secondary N) is 1. The number of fused-ring (bicyclic) bond motifs is 1. The Morgan fingerprint density at radius 3 is 2.75 bits per heavy atom. The van der Waals surface area contributed by atoms with Crippen molar-refractivity contribution in [3.05, 3.63) is 71.7 Å². The summed E-state index contributed by atoms with van der Waals surface area (Å²) in [6.07, 6.45) is 5.59. The highest BCUT2D eigenvalue weighted by atomic mass is 19.1. The van der Waals surface area contributed by atoms with Crippen molar-refractivity contribution in [2.24, 2.45) is 5.92 Å². The molecule has 1 aliphatic heterocycles. The zero-order valence-electron chi connectivity index (χ0n) is 16.7. The molecular weight excluding hydrogens is 349 g/mol. The lowest BCUT2D eigenvalue weighted by atomic mass is 9.95. The van der Waals surface area contributed by atoms with Gasteiger partial charge < -0.3 is 14.8 Å². The third kappa shape index (κ3) is 4.81. The van der Waals surface area contributed by atoms with Gasteiger partial charge in [-0.15, -0.1) is 0 Å². The SMILES string of the molecule is CN(Cc1c[nH]c2ccccc12)CC1CCN(CCc2cccc(F)c2)CC1. The van der Waals surface area contributed by atoms with E-state index in [4.69, 9.17) is 0 Å². The minimum atomic E-state index is -0.130. The van der Waals surface area contributed by atoms with Crippen LogP contribution in [-0.4, -0.2) is 48.0 Å². The number of aromatic amines is 1. The number of H-pyrrole nitrogens is 1. The van der Waals surface area contributed by atoms with E-state index in [9.17, 15) is 4.39 Å². The Morgan fingerprint density at radius 2 is 1.93 bits per heavy atom. The molecule has 1 N–H and O–H groups in total. The van der Waals surface area contributed by atoms with Crippen LogP contribution >= 0.6 is 0 Å². The van der Waals surface area contributed by atoms with Crippen molar-refractivity contribution in [1.29, 1.82) is 0 Å². The Balaban J connectivity index is 1.22. The van der Waals surface area contributed by atoms with Gasteiger partial charge in [-0.1, -0.05) is 30.3 Å². The summed E-state index contributed by atoms with van der Waals surface area (Å²) in [5.41, 5.74) is 3.70. The number of halogens is 1. The molecule has 1 aromatic heterocycles. The Labute approximate surface area is 167 Å². The molecule has 2 heterocycles. The molecule has 0 spiro atoms. The summed E-state index contributed by atoms with van der Waals surface area (Å²) in [6.45, 7) is 5.48. The van der Waals surface area contributed by atoms with Gasteiger partial charge in [-0.3, -0.25) is 0 Å². The Bertz CT molecular complexity index is 896. The van der Waals surface area contributed by atoms with Gasteiger partial charge in [-0.2, -0.15) is 0 Å². The van der Waals surface area contributed by atoms with Gasteiger partial charge in [0.25, 0.3) is 0 Å². The van der Waals surface area contributed by atoms with E-state index in [1.165, 1.54) is 35.4 Å². The van der Waals surface area contributed by atoms with E-state index in [2.05, 4.69) is 52.3 Å². The summed E-state index contributed by atoms with van der Waals surface area (Å²) in [7, 11) is 2.23. The molecule has 0 radical (unpaired) electrons. The van der Waals surface area contributed by atoms with Crippen LogP contribution in [0, 0.1) is 11.7 Å². The summed E-state index contributed by atoms with van der Waals surface area (Å²) in [6, 6.07) is 15.5. The highest BCUT2D eigenvalue weighted by molar-refractivity contribution is 5.82. The van der Waals surface area contributed by atoms with Crippen LogP contribution in [0.3, 0.4) is 0 Å². The number of hydrogen-bond donors (Lipinski definition) is 1. The van der Waals surface area contributed by atoms with E-state index in [0.29, 0.717) is 0 Å². The van der Waals surface area contributed by atoms with Crippen molar-refractivity contribution < 1.29 is 4.39 Å². The number of aromatic nitrogens is 1. The van der Waals surface area contributed by atoms with Gasteiger partial charge in [0.15, 0.2) is 0 Å². The van der Waals surface area contributed by atoms with Crippen molar-refractivity contribution in [2.75, 3.05) is 33.2 Å². The molecule has 3 aromatic rings. The van der Waals surface area contributed by atoms with Gasteiger partial charge in [0, 0.05) is 36.7 Å². The van der Waals surface area contributed by atoms with Crippen LogP contribution in [0.4, 0.5) is 4.39 Å². The van der Waals surface area contributed by atoms with Gasteiger partial charge in [-0.05, 0) is 74.6 Å². The fourth-order valence-electron chi connectivity index (χ4n) is 4.43. The second kappa shape index (κ2) is 8.89. The van der Waals surface area contributed by atoms with Crippen LogP contribution in [0.15, 0.2) is 54.7 Å². The van der Waals surface area contributed by atoms with Crippen LogP contribution in [-0.2, 0) is 13.0 Å². The third-order valence-electron chi connectivity index (χ3n) is 6.00. The maximum atomic E-state index is 13.3. The standard InChI is InChI=1S/C24H30FN3/c1-27(18-21-16-26-24-8-3-2-7-23(21)24)17-20-10-13-28(14-11-20)12-9-19-5-4-6-22(25)15-19/h2-8,15-16,20,26H,9-14,17-18H2,1H3. The van der Waals surface area contributed by atoms with Crippen LogP contribution in [0.2, 0.25) is 0 Å². The predicted octanol–water partition coefficient (Wildman–Crippen LogP) is 4.69. The molecule has 0 unspecified atom stereocenters. The predicted molar refractivity (Wildman–Crippen MR) is 114 cm³/mol. The van der Waals surface area contributed by atoms with Gasteiger partial charge in [-0.25, -0.2) is 4.39 Å². The van der Waals surface area contributed by atoms with E-state index in [0.717, 1.165) is 50.6 Å². The van der Waals surface area contributed by atoms with Crippen LogP contribution < -0.4 is 0 Å². The molecule has 0 aliphatic carbocycles. The zero-order chi connectivity index (χ0) is 19.3. The highest BCUT2D eigenvalue weighted by Crippen LogP contribution is 2.22. The number of likely N-dealkylation sites (tertiary alicyclic amines) is 1. The first-order valence-corrected chi connectivity index (χ1v) is 10.4. The monoisotopic (exact) mass is 379 g/mol. The van der Waals surface area contributed by atoms with Crippen molar-refractivity contribution in [2.45, 2.75) is 25.8 Å². The molecule has 3 nitrogen and oxygen atoms in total. The normalized spacial score (nSPS) is 16.2. The molecular formula is C24H30FN3. The van der Waals surface area contributed by atoms with Gasteiger partial charge in [0.05, 0.1) is 0 Å². The number of benzene rings is 2. The van der Waals surface area contributed by atoms with E-state index in [1.807, 2.05) is 6.07 Å². The second-order valence-electron chi connectivity index (χ2n) is 8.22. The Kier molecular flexibility index (Phi) is 6.08. The molecule has 1 fully saturated rings. The molecule has 0 bridgehead atoms. The minimum Gasteiger partial charge on any atom is -0.361 e. The molecule has 148 valence electrons. The lowest BCUT2D eigenvalue weighted by Gasteiger charge is -2.34. The van der Waals surface area contributed by atoms with Gasteiger partial charge >= 0.3 is 0 Å². The third-order valence-corrected chi connectivity index (χ3v) is 6.00. The largest absolute Gasteiger partial charge is 0.361 e. The summed E-state index contributed by atoms with van der Waals surface area (Å²) in [5.74, 6) is 0.634. The van der Waals surface area contributed by atoms with E-state index in [1.54, 1.807) is 12.1 Å². The maximum Gasteiger partial charge on any atom is 0.123 e. The lowest BCUT2D eigenvalue weighted by Crippen LogP contribution is -2.38. The first-order chi connectivity index (χ1) is 13.7. The van der Waals surface area contributed by atoms with Crippen molar-refractivity contribution in [3.8, 4) is 0 Å². The number of nitrogens with zero attached hydrogens (tertiary/aromatic N) is 2. The van der Waals surface area contributed by atoms with Crippen molar-refractivity contribution in [3.63, 3.8) is 0 Å². The summed E-state index contributed by atoms with van der Waals surface area (Å²) >= 11 is 0. The van der Waals surface area contributed by atoms with Crippen LogP contribution in [0.5, 0.6) is 0 Å². The van der Waals surface area contributed by atoms with Crippen molar-refractivity contribution >= 4 is 10.9 Å². The van der Waals surface area contributed by atoms with Crippen LogP contribution in [0.1, 0.15) is 24.0 Å². The number of piperidine rings is 1. The Morgan fingerprint density at radius 1 is 1.11 bits per heavy atom. The summed E-state index contributed by atoms with van der Waals surface area (Å²) < 4.78 is 13.3.